The van der Waals surface area contributed by atoms with E-state index in [-0.39, 0.29) is 5.91 Å². The van der Waals surface area contributed by atoms with Crippen molar-refractivity contribution in [3.8, 4) is 10.4 Å². The lowest BCUT2D eigenvalue weighted by Gasteiger charge is -2.06. The zero-order valence-electron chi connectivity index (χ0n) is 15.8. The molecule has 3 rings (SSSR count). The number of thioether (sulfide) groups is 1. The van der Waals surface area contributed by atoms with Gasteiger partial charge in [0.2, 0.25) is 5.91 Å². The number of benzene rings is 2. The first-order chi connectivity index (χ1) is 14.1. The Morgan fingerprint density at radius 1 is 1.10 bits per heavy atom. The lowest BCUT2D eigenvalue weighted by atomic mass is 10.2. The number of ether oxygens (including phenoxy) is 1. The first-order valence-electron chi connectivity index (χ1n) is 9.02. The average Bonchev–Trinajstić information content (AvgIpc) is 3.16. The van der Waals surface area contributed by atoms with Crippen LogP contribution in [0.25, 0.3) is 10.4 Å². The summed E-state index contributed by atoms with van der Waals surface area (Å²) in [6, 6.07) is 19.2. The zero-order chi connectivity index (χ0) is 20.6. The SMILES string of the molecule is COC(=O)c1sc(-c2ccccc2)cc1NC(=O)CCCSc1ccc(Cl)cc1. The quantitative estimate of drug-likeness (QED) is 0.249. The molecule has 3 aromatic rings. The molecule has 0 bridgehead atoms. The second-order valence-corrected chi connectivity index (χ2v) is 8.82. The molecule has 0 radical (unpaired) electrons. The van der Waals surface area contributed by atoms with Crippen molar-refractivity contribution in [1.82, 2.24) is 0 Å². The summed E-state index contributed by atoms with van der Waals surface area (Å²) in [5.41, 5.74) is 1.48. The Labute approximate surface area is 183 Å². The summed E-state index contributed by atoms with van der Waals surface area (Å²) in [6.45, 7) is 0. The number of thiophene rings is 1. The lowest BCUT2D eigenvalue weighted by Crippen LogP contribution is -2.13. The predicted molar refractivity (Wildman–Crippen MR) is 121 cm³/mol. The minimum Gasteiger partial charge on any atom is -0.465 e. The largest absolute Gasteiger partial charge is 0.465 e. The van der Waals surface area contributed by atoms with Crippen molar-refractivity contribution < 1.29 is 14.3 Å². The Kier molecular flexibility index (Phi) is 7.75. The summed E-state index contributed by atoms with van der Waals surface area (Å²) in [5, 5.41) is 3.58. The molecule has 0 saturated heterocycles. The molecule has 1 aromatic heterocycles. The number of halogens is 1. The molecule has 4 nitrogen and oxygen atoms in total. The molecule has 0 fully saturated rings. The van der Waals surface area contributed by atoms with Gasteiger partial charge in [0.25, 0.3) is 0 Å². The normalized spacial score (nSPS) is 10.6. The number of methoxy groups -OCH3 is 1. The van der Waals surface area contributed by atoms with Gasteiger partial charge in [-0.2, -0.15) is 0 Å². The lowest BCUT2D eigenvalue weighted by molar-refractivity contribution is -0.116. The van der Waals surface area contributed by atoms with Crippen LogP contribution in [0.5, 0.6) is 0 Å². The molecule has 1 amide bonds. The number of hydrogen-bond acceptors (Lipinski definition) is 5. The summed E-state index contributed by atoms with van der Waals surface area (Å²) in [5.74, 6) is 0.243. The molecule has 1 N–H and O–H groups in total. The summed E-state index contributed by atoms with van der Waals surface area (Å²) in [4.78, 5) is 26.9. The van der Waals surface area contributed by atoms with Gasteiger partial charge in [0.15, 0.2) is 0 Å². The van der Waals surface area contributed by atoms with Gasteiger partial charge in [-0.3, -0.25) is 4.79 Å². The van der Waals surface area contributed by atoms with E-state index in [9.17, 15) is 9.59 Å². The van der Waals surface area contributed by atoms with Crippen molar-refractivity contribution in [3.63, 3.8) is 0 Å². The molecule has 0 unspecified atom stereocenters. The highest BCUT2D eigenvalue weighted by atomic mass is 35.5. The van der Waals surface area contributed by atoms with Crippen LogP contribution in [0.15, 0.2) is 65.6 Å². The van der Waals surface area contributed by atoms with Crippen LogP contribution in [-0.4, -0.2) is 24.7 Å². The van der Waals surface area contributed by atoms with Crippen LogP contribution in [0, 0.1) is 0 Å². The summed E-state index contributed by atoms with van der Waals surface area (Å²) >= 11 is 8.87. The molecular formula is C22H20ClNO3S2. The van der Waals surface area contributed by atoms with Crippen LogP contribution < -0.4 is 5.32 Å². The summed E-state index contributed by atoms with van der Waals surface area (Å²) in [6.07, 6.45) is 1.10. The minimum absolute atomic E-state index is 0.121. The molecule has 2 aromatic carbocycles. The third kappa shape index (κ3) is 6.10. The predicted octanol–water partition coefficient (Wildman–Crippen LogP) is 6.37. The van der Waals surface area contributed by atoms with Crippen molar-refractivity contribution in [2.75, 3.05) is 18.2 Å². The average molecular weight is 446 g/mol. The van der Waals surface area contributed by atoms with E-state index < -0.39 is 5.97 Å². The van der Waals surface area contributed by atoms with Crippen LogP contribution in [0.3, 0.4) is 0 Å². The number of esters is 1. The van der Waals surface area contributed by atoms with Gasteiger partial charge < -0.3 is 10.1 Å². The Hall–Kier alpha value is -2.28. The Morgan fingerprint density at radius 2 is 1.83 bits per heavy atom. The topological polar surface area (TPSA) is 55.4 Å². The van der Waals surface area contributed by atoms with Crippen molar-refractivity contribution in [1.29, 1.82) is 0 Å². The maximum Gasteiger partial charge on any atom is 0.350 e. The molecule has 29 heavy (non-hydrogen) atoms. The first-order valence-corrected chi connectivity index (χ1v) is 11.2. The van der Waals surface area contributed by atoms with Crippen LogP contribution in [-0.2, 0) is 9.53 Å². The van der Waals surface area contributed by atoms with Gasteiger partial charge in [-0.1, -0.05) is 41.9 Å². The van der Waals surface area contributed by atoms with E-state index in [1.165, 1.54) is 18.4 Å². The Bertz CT molecular complexity index is 971. The van der Waals surface area contributed by atoms with Crippen molar-refractivity contribution >= 4 is 52.3 Å². The van der Waals surface area contributed by atoms with E-state index in [2.05, 4.69) is 5.32 Å². The van der Waals surface area contributed by atoms with E-state index in [1.807, 2.05) is 60.7 Å². The molecule has 0 spiro atoms. The number of amides is 1. The zero-order valence-corrected chi connectivity index (χ0v) is 18.2. The van der Waals surface area contributed by atoms with Crippen LogP contribution in [0.1, 0.15) is 22.5 Å². The number of nitrogens with one attached hydrogen (secondary N) is 1. The fraction of sp³-hybridized carbons (Fsp3) is 0.182. The smallest absolute Gasteiger partial charge is 0.350 e. The van der Waals surface area contributed by atoms with Gasteiger partial charge in [0, 0.05) is 21.2 Å². The highest BCUT2D eigenvalue weighted by molar-refractivity contribution is 7.99. The molecule has 0 saturated carbocycles. The molecular weight excluding hydrogens is 426 g/mol. The van der Waals surface area contributed by atoms with Gasteiger partial charge in [-0.05, 0) is 48.1 Å². The van der Waals surface area contributed by atoms with Gasteiger partial charge in [-0.25, -0.2) is 4.79 Å². The fourth-order valence-corrected chi connectivity index (χ4v) is 4.66. The van der Waals surface area contributed by atoms with Crippen molar-refractivity contribution in [3.05, 3.63) is 70.6 Å². The van der Waals surface area contributed by atoms with Crippen molar-refractivity contribution in [2.45, 2.75) is 17.7 Å². The highest BCUT2D eigenvalue weighted by Crippen LogP contribution is 2.35. The molecule has 0 aliphatic carbocycles. The van der Waals surface area contributed by atoms with E-state index in [4.69, 9.17) is 16.3 Å². The summed E-state index contributed by atoms with van der Waals surface area (Å²) < 4.78 is 4.87. The van der Waals surface area contributed by atoms with Gasteiger partial charge >= 0.3 is 5.97 Å². The molecule has 0 aliphatic rings. The van der Waals surface area contributed by atoms with E-state index in [0.29, 0.717) is 22.0 Å². The molecule has 0 aliphatic heterocycles. The second kappa shape index (κ2) is 10.5. The van der Waals surface area contributed by atoms with Gasteiger partial charge in [-0.15, -0.1) is 23.1 Å². The van der Waals surface area contributed by atoms with Crippen LogP contribution in [0.2, 0.25) is 5.02 Å². The number of anilines is 1. The van der Waals surface area contributed by atoms with Crippen LogP contribution >= 0.6 is 34.7 Å². The Morgan fingerprint density at radius 3 is 2.52 bits per heavy atom. The molecule has 1 heterocycles. The number of hydrogen-bond donors (Lipinski definition) is 1. The molecule has 0 atom stereocenters. The molecule has 7 heteroatoms. The monoisotopic (exact) mass is 445 g/mol. The third-order valence-electron chi connectivity index (χ3n) is 4.07. The van der Waals surface area contributed by atoms with E-state index >= 15 is 0 Å². The number of carbonyl (C=O) groups excluding carboxylic acids is 2. The van der Waals surface area contributed by atoms with Gasteiger partial charge in [0.05, 0.1) is 12.8 Å². The van der Waals surface area contributed by atoms with Crippen LogP contribution in [0.4, 0.5) is 5.69 Å². The number of rotatable bonds is 8. The van der Waals surface area contributed by atoms with E-state index in [1.54, 1.807) is 11.8 Å². The van der Waals surface area contributed by atoms with Crippen molar-refractivity contribution in [2.24, 2.45) is 0 Å². The maximum atomic E-state index is 12.4. The highest BCUT2D eigenvalue weighted by Gasteiger charge is 2.19. The first kappa shape index (κ1) is 21.4. The third-order valence-corrected chi connectivity index (χ3v) is 6.58. The Balaban J connectivity index is 1.59. The second-order valence-electron chi connectivity index (χ2n) is 6.17. The standard InChI is InChI=1S/C22H20ClNO3S2/c1-27-22(26)21-18(14-19(29-21)15-6-3-2-4-7-15)24-20(25)8-5-13-28-17-11-9-16(23)10-12-17/h2-4,6-7,9-12,14H,5,8,13H2,1H3,(H,24,25). The van der Waals surface area contributed by atoms with E-state index in [0.717, 1.165) is 27.5 Å². The van der Waals surface area contributed by atoms with Gasteiger partial charge in [0.1, 0.15) is 4.88 Å². The number of carbonyl (C=O) groups is 2. The summed E-state index contributed by atoms with van der Waals surface area (Å²) in [7, 11) is 1.34. The fourth-order valence-electron chi connectivity index (χ4n) is 2.64. The minimum atomic E-state index is -0.453. The maximum absolute atomic E-state index is 12.4. The molecule has 150 valence electrons.